The fourth-order valence-corrected chi connectivity index (χ4v) is 7.35. The van der Waals surface area contributed by atoms with E-state index < -0.39 is 0 Å². The van der Waals surface area contributed by atoms with Crippen LogP contribution in [0.5, 0.6) is 23.0 Å². The van der Waals surface area contributed by atoms with E-state index in [4.69, 9.17) is 14.5 Å². The first-order valence-corrected chi connectivity index (χ1v) is 15.8. The third kappa shape index (κ3) is 3.95. The molecular formula is C41H26BN3O2. The number of ether oxygens (including phenoxy) is 2. The van der Waals surface area contributed by atoms with Crippen molar-refractivity contribution in [1.82, 2.24) is 9.55 Å². The van der Waals surface area contributed by atoms with Crippen molar-refractivity contribution in [2.45, 2.75) is 0 Å². The quantitative estimate of drug-likeness (QED) is 0.190. The molecule has 0 radical (unpaired) electrons. The number of aromatic nitrogens is 2. The second-order valence-corrected chi connectivity index (χ2v) is 12.0. The summed E-state index contributed by atoms with van der Waals surface area (Å²) in [7, 11) is 0. The zero-order valence-corrected chi connectivity index (χ0v) is 25.2. The second-order valence-electron chi connectivity index (χ2n) is 12.0. The Morgan fingerprint density at radius 3 is 2.02 bits per heavy atom. The van der Waals surface area contributed by atoms with Crippen molar-refractivity contribution in [3.63, 3.8) is 0 Å². The lowest BCUT2D eigenvalue weighted by Crippen LogP contribution is -2.57. The molecule has 0 unspecified atom stereocenters. The number of pyridine rings is 1. The highest BCUT2D eigenvalue weighted by Gasteiger charge is 2.40. The van der Waals surface area contributed by atoms with E-state index in [1.54, 1.807) is 0 Å². The van der Waals surface area contributed by atoms with Crippen LogP contribution in [-0.4, -0.2) is 16.3 Å². The first kappa shape index (κ1) is 26.0. The largest absolute Gasteiger partial charge is 0.458 e. The average Bonchev–Trinajstić information content (AvgIpc) is 3.44. The molecule has 0 fully saturated rings. The number of para-hydroxylation sites is 3. The van der Waals surface area contributed by atoms with Crippen LogP contribution in [-0.2, 0) is 0 Å². The summed E-state index contributed by atoms with van der Waals surface area (Å²) in [6, 6.07) is 52.7. The van der Waals surface area contributed by atoms with Gasteiger partial charge in [0.25, 0.3) is 6.71 Å². The standard InChI is InChI=1S/C41H26BN3O2/c1-3-12-27(13-4-1)44(40-20-9-10-23-43-40)29-21-22-30-31-25-39-33(26-35(31)45(34(30)24-29)28-14-5-2-6-15-28)42-32-16-7-8-17-36(32)46-37-18-11-19-38(47-39)41(37)42/h1-26H. The highest BCUT2D eigenvalue weighted by atomic mass is 16.5. The lowest BCUT2D eigenvalue weighted by Gasteiger charge is -2.32. The fraction of sp³-hybridized carbons (Fsp3) is 0. The van der Waals surface area contributed by atoms with Gasteiger partial charge in [0.15, 0.2) is 0 Å². The molecule has 2 aromatic heterocycles. The minimum Gasteiger partial charge on any atom is -0.458 e. The average molecular weight is 603 g/mol. The summed E-state index contributed by atoms with van der Waals surface area (Å²) < 4.78 is 15.4. The maximum absolute atomic E-state index is 6.68. The zero-order valence-electron chi connectivity index (χ0n) is 25.2. The van der Waals surface area contributed by atoms with Crippen molar-refractivity contribution >= 4 is 62.1 Å². The van der Waals surface area contributed by atoms with Crippen LogP contribution in [0, 0.1) is 0 Å². The van der Waals surface area contributed by atoms with E-state index in [0.29, 0.717) is 0 Å². The van der Waals surface area contributed by atoms with E-state index in [1.807, 2.05) is 54.7 Å². The van der Waals surface area contributed by atoms with E-state index in [9.17, 15) is 0 Å². The molecule has 0 saturated carbocycles. The summed E-state index contributed by atoms with van der Waals surface area (Å²) in [5, 5.41) is 2.29. The molecule has 6 heteroatoms. The molecule has 2 aliphatic heterocycles. The SMILES string of the molecule is c1ccc(N(c2ccc3c4cc5c(cc4n(-c4ccccc4)c3c2)B2c3ccccc3Oc3cccc(c32)O5)c2ccccn2)cc1. The Kier molecular flexibility index (Phi) is 5.60. The van der Waals surface area contributed by atoms with Gasteiger partial charge in [0.05, 0.1) is 11.0 Å². The van der Waals surface area contributed by atoms with Crippen molar-refractivity contribution in [3.8, 4) is 28.7 Å². The van der Waals surface area contributed by atoms with Crippen LogP contribution in [0.4, 0.5) is 17.2 Å². The van der Waals surface area contributed by atoms with Crippen LogP contribution in [0.3, 0.4) is 0 Å². The topological polar surface area (TPSA) is 39.5 Å². The summed E-state index contributed by atoms with van der Waals surface area (Å²) in [6.07, 6.45) is 1.84. The number of rotatable bonds is 4. The van der Waals surface area contributed by atoms with Crippen LogP contribution >= 0.6 is 0 Å². The van der Waals surface area contributed by atoms with Crippen molar-refractivity contribution in [3.05, 3.63) is 158 Å². The Bertz CT molecular complexity index is 2440. The normalized spacial score (nSPS) is 12.6. The number of benzene rings is 6. The van der Waals surface area contributed by atoms with Gasteiger partial charge in [-0.05, 0) is 89.8 Å². The molecule has 0 spiro atoms. The minimum absolute atomic E-state index is 0.00479. The Morgan fingerprint density at radius 1 is 0.511 bits per heavy atom. The van der Waals surface area contributed by atoms with E-state index in [0.717, 1.165) is 84.1 Å². The molecule has 6 aromatic carbocycles. The molecule has 0 N–H and O–H groups in total. The van der Waals surface area contributed by atoms with Crippen LogP contribution in [0.2, 0.25) is 0 Å². The first-order valence-electron chi connectivity index (χ1n) is 15.8. The van der Waals surface area contributed by atoms with E-state index in [-0.39, 0.29) is 6.71 Å². The van der Waals surface area contributed by atoms with Gasteiger partial charge in [-0.1, -0.05) is 72.8 Å². The highest BCUT2D eigenvalue weighted by molar-refractivity contribution is 6.98. The van der Waals surface area contributed by atoms with Crippen LogP contribution < -0.4 is 30.8 Å². The number of hydrogen-bond donors (Lipinski definition) is 0. The number of hydrogen-bond acceptors (Lipinski definition) is 4. The van der Waals surface area contributed by atoms with Gasteiger partial charge in [-0.2, -0.15) is 0 Å². The monoisotopic (exact) mass is 603 g/mol. The number of anilines is 3. The Labute approximate surface area is 272 Å². The lowest BCUT2D eigenvalue weighted by molar-refractivity contribution is 0.465. The molecule has 4 heterocycles. The molecule has 8 aromatic rings. The predicted molar refractivity (Wildman–Crippen MR) is 191 cm³/mol. The summed E-state index contributed by atoms with van der Waals surface area (Å²) >= 11 is 0. The second kappa shape index (κ2) is 10.1. The number of nitrogens with zero attached hydrogens (tertiary/aromatic N) is 3. The minimum atomic E-state index is -0.00479. The molecule has 10 rings (SSSR count). The van der Waals surface area contributed by atoms with Crippen LogP contribution in [0.25, 0.3) is 27.5 Å². The molecular weight excluding hydrogens is 577 g/mol. The maximum Gasteiger partial charge on any atom is 0.260 e. The molecule has 5 nitrogen and oxygen atoms in total. The van der Waals surface area contributed by atoms with Crippen molar-refractivity contribution in [2.24, 2.45) is 0 Å². The Hall–Kier alpha value is -6.27. The van der Waals surface area contributed by atoms with Gasteiger partial charge in [0.1, 0.15) is 28.8 Å². The van der Waals surface area contributed by atoms with Gasteiger partial charge in [0, 0.05) is 39.5 Å². The summed E-state index contributed by atoms with van der Waals surface area (Å²) in [5.74, 6) is 4.31. The molecule has 0 saturated heterocycles. The smallest absolute Gasteiger partial charge is 0.260 e. The lowest BCUT2D eigenvalue weighted by atomic mass is 9.35. The Morgan fingerprint density at radius 2 is 1.21 bits per heavy atom. The van der Waals surface area contributed by atoms with E-state index in [1.165, 1.54) is 0 Å². The molecule has 220 valence electrons. The molecule has 2 aliphatic rings. The van der Waals surface area contributed by atoms with Crippen LogP contribution in [0.15, 0.2) is 158 Å². The van der Waals surface area contributed by atoms with Crippen LogP contribution in [0.1, 0.15) is 0 Å². The van der Waals surface area contributed by atoms with Gasteiger partial charge >= 0.3 is 0 Å². The van der Waals surface area contributed by atoms with E-state index in [2.05, 4.69) is 113 Å². The third-order valence-corrected chi connectivity index (χ3v) is 9.34. The third-order valence-electron chi connectivity index (χ3n) is 9.34. The van der Waals surface area contributed by atoms with Gasteiger partial charge < -0.3 is 14.0 Å². The Balaban J connectivity index is 1.25. The predicted octanol–water partition coefficient (Wildman–Crippen LogP) is 8.38. The number of fused-ring (bicyclic) bond motifs is 7. The molecule has 0 bridgehead atoms. The van der Waals surface area contributed by atoms with Gasteiger partial charge in [-0.15, -0.1) is 0 Å². The van der Waals surface area contributed by atoms with Gasteiger partial charge in [-0.3, -0.25) is 4.90 Å². The molecule has 0 amide bonds. The van der Waals surface area contributed by atoms with E-state index >= 15 is 0 Å². The highest BCUT2D eigenvalue weighted by Crippen LogP contribution is 2.41. The maximum atomic E-state index is 6.68. The summed E-state index contributed by atoms with van der Waals surface area (Å²) in [4.78, 5) is 6.95. The summed E-state index contributed by atoms with van der Waals surface area (Å²) in [6.45, 7) is -0.00479. The van der Waals surface area contributed by atoms with Gasteiger partial charge in [0.2, 0.25) is 0 Å². The van der Waals surface area contributed by atoms with Crippen molar-refractivity contribution in [2.75, 3.05) is 4.90 Å². The fourth-order valence-electron chi connectivity index (χ4n) is 7.35. The van der Waals surface area contributed by atoms with Gasteiger partial charge in [-0.25, -0.2) is 4.98 Å². The molecule has 47 heavy (non-hydrogen) atoms. The van der Waals surface area contributed by atoms with Crippen molar-refractivity contribution < 1.29 is 9.47 Å². The molecule has 0 aliphatic carbocycles. The summed E-state index contributed by atoms with van der Waals surface area (Å²) in [5.41, 5.74) is 8.76. The first-order chi connectivity index (χ1) is 23.3. The van der Waals surface area contributed by atoms with Crippen molar-refractivity contribution in [1.29, 1.82) is 0 Å². The molecule has 0 atom stereocenters. The zero-order chi connectivity index (χ0) is 30.9.